The van der Waals surface area contributed by atoms with E-state index in [0.29, 0.717) is 0 Å². The van der Waals surface area contributed by atoms with Crippen LogP contribution >= 0.6 is 0 Å². The van der Waals surface area contributed by atoms with Crippen LogP contribution in [0.3, 0.4) is 0 Å². The second-order valence-electron chi connectivity index (χ2n) is 11.6. The molecule has 0 fully saturated rings. The van der Waals surface area contributed by atoms with Crippen molar-refractivity contribution in [2.45, 2.75) is 0 Å². The summed E-state index contributed by atoms with van der Waals surface area (Å²) in [5, 5.41) is 7.33. The van der Waals surface area contributed by atoms with Crippen LogP contribution in [0.4, 0.5) is 0 Å². The smallest absolute Gasteiger partial charge is 0.143 e. The van der Waals surface area contributed by atoms with Gasteiger partial charge < -0.3 is 4.42 Å². The quantitative estimate of drug-likeness (QED) is 0.191. The van der Waals surface area contributed by atoms with Crippen molar-refractivity contribution in [2.24, 2.45) is 0 Å². The summed E-state index contributed by atoms with van der Waals surface area (Å²) in [5.41, 5.74) is 11.5. The number of furan rings is 1. The molecule has 1 aromatic heterocycles. The molecular formula is C44H28O. The molecule has 45 heavy (non-hydrogen) atoms. The molecule has 9 aromatic rings. The third-order valence-electron chi connectivity index (χ3n) is 9.10. The molecule has 0 unspecified atom stereocenters. The molecule has 0 radical (unpaired) electrons. The van der Waals surface area contributed by atoms with Crippen LogP contribution in [0.15, 0.2) is 174 Å². The van der Waals surface area contributed by atoms with Crippen molar-refractivity contribution in [3.8, 4) is 44.5 Å². The van der Waals surface area contributed by atoms with E-state index in [-0.39, 0.29) is 0 Å². The van der Waals surface area contributed by atoms with Gasteiger partial charge in [-0.05, 0) is 66.6 Å². The van der Waals surface area contributed by atoms with E-state index in [9.17, 15) is 0 Å². The molecule has 0 atom stereocenters. The molecule has 0 N–H and O–H groups in total. The summed E-state index contributed by atoms with van der Waals surface area (Å²) >= 11 is 0. The lowest BCUT2D eigenvalue weighted by molar-refractivity contribution is 0.670. The third-order valence-corrected chi connectivity index (χ3v) is 9.10. The standard InChI is InChI=1S/C44H28O/c1-2-11-29(12-3-1)30-21-25-32(26-22-30)42-36-14-4-6-16-38(36)43(39-17-7-5-15-37(39)42)33-27-23-31(24-28-33)34-18-10-19-40-35-13-8-9-20-41(35)45-44(34)40/h1-28H. The molecule has 1 heteroatoms. The highest BCUT2D eigenvalue weighted by Crippen LogP contribution is 2.44. The Hall–Kier alpha value is -5.92. The molecule has 210 valence electrons. The van der Waals surface area contributed by atoms with E-state index < -0.39 is 0 Å². The van der Waals surface area contributed by atoms with Crippen molar-refractivity contribution in [1.29, 1.82) is 0 Å². The fourth-order valence-corrected chi connectivity index (χ4v) is 7.00. The molecule has 9 rings (SSSR count). The molecule has 0 bridgehead atoms. The lowest BCUT2D eigenvalue weighted by Crippen LogP contribution is -1.91. The van der Waals surface area contributed by atoms with Gasteiger partial charge in [-0.1, -0.05) is 164 Å². The predicted molar refractivity (Wildman–Crippen MR) is 190 cm³/mol. The number of hydrogen-bond donors (Lipinski definition) is 0. The third kappa shape index (κ3) is 4.17. The summed E-state index contributed by atoms with van der Waals surface area (Å²) in [5.74, 6) is 0. The van der Waals surface area contributed by atoms with Crippen molar-refractivity contribution in [3.05, 3.63) is 170 Å². The largest absolute Gasteiger partial charge is 0.455 e. The van der Waals surface area contributed by atoms with E-state index in [4.69, 9.17) is 4.42 Å². The van der Waals surface area contributed by atoms with E-state index in [2.05, 4.69) is 158 Å². The highest BCUT2D eigenvalue weighted by molar-refractivity contribution is 6.21. The van der Waals surface area contributed by atoms with E-state index in [0.717, 1.165) is 33.1 Å². The summed E-state index contributed by atoms with van der Waals surface area (Å²) in [6.07, 6.45) is 0. The van der Waals surface area contributed by atoms with E-state index in [1.54, 1.807) is 0 Å². The van der Waals surface area contributed by atoms with E-state index in [1.165, 1.54) is 54.9 Å². The number of hydrogen-bond acceptors (Lipinski definition) is 1. The van der Waals surface area contributed by atoms with E-state index in [1.807, 2.05) is 12.1 Å². The van der Waals surface area contributed by atoms with E-state index >= 15 is 0 Å². The van der Waals surface area contributed by atoms with Gasteiger partial charge in [-0.25, -0.2) is 0 Å². The highest BCUT2D eigenvalue weighted by Gasteiger charge is 2.17. The second kappa shape index (κ2) is 10.4. The molecule has 8 aromatic carbocycles. The number of fused-ring (bicyclic) bond motifs is 5. The maximum atomic E-state index is 6.36. The van der Waals surface area contributed by atoms with Gasteiger partial charge in [-0.15, -0.1) is 0 Å². The maximum absolute atomic E-state index is 6.36. The van der Waals surface area contributed by atoms with Crippen LogP contribution in [0.25, 0.3) is 88.0 Å². The Bertz CT molecular complexity index is 2440. The normalized spacial score (nSPS) is 11.6. The van der Waals surface area contributed by atoms with Gasteiger partial charge in [-0.3, -0.25) is 0 Å². The minimum absolute atomic E-state index is 0.921. The number of rotatable bonds is 4. The van der Waals surface area contributed by atoms with Crippen molar-refractivity contribution < 1.29 is 4.42 Å². The monoisotopic (exact) mass is 572 g/mol. The second-order valence-corrected chi connectivity index (χ2v) is 11.6. The van der Waals surface area contributed by atoms with Gasteiger partial charge >= 0.3 is 0 Å². The molecule has 0 saturated carbocycles. The summed E-state index contributed by atoms with van der Waals surface area (Å²) in [6.45, 7) is 0. The van der Waals surface area contributed by atoms with Gasteiger partial charge in [0.1, 0.15) is 11.2 Å². The average molecular weight is 573 g/mol. The fraction of sp³-hybridized carbons (Fsp3) is 0. The first kappa shape index (κ1) is 25.6. The van der Waals surface area contributed by atoms with Crippen LogP contribution in [0.2, 0.25) is 0 Å². The minimum atomic E-state index is 0.921. The first-order chi connectivity index (χ1) is 22.3. The van der Waals surface area contributed by atoms with Crippen LogP contribution < -0.4 is 0 Å². The molecule has 0 aliphatic heterocycles. The lowest BCUT2D eigenvalue weighted by Gasteiger charge is -2.18. The Morgan fingerprint density at radius 3 is 1.27 bits per heavy atom. The fourth-order valence-electron chi connectivity index (χ4n) is 7.00. The SMILES string of the molecule is c1ccc(-c2ccc(-c3c4ccccc4c(-c4ccc(-c5cccc6c5oc5ccccc56)cc4)c4ccccc34)cc2)cc1. The predicted octanol–water partition coefficient (Wildman–Crippen LogP) is 12.6. The van der Waals surface area contributed by atoms with Crippen molar-refractivity contribution >= 4 is 43.5 Å². The molecule has 0 spiro atoms. The van der Waals surface area contributed by atoms with Crippen molar-refractivity contribution in [2.75, 3.05) is 0 Å². The van der Waals surface area contributed by atoms with Gasteiger partial charge in [-0.2, -0.15) is 0 Å². The summed E-state index contributed by atoms with van der Waals surface area (Å²) in [7, 11) is 0. The highest BCUT2D eigenvalue weighted by atomic mass is 16.3. The molecule has 1 nitrogen and oxygen atoms in total. The molecule has 0 aliphatic carbocycles. The Morgan fingerprint density at radius 2 is 0.689 bits per heavy atom. The maximum Gasteiger partial charge on any atom is 0.143 e. The van der Waals surface area contributed by atoms with Crippen LogP contribution in [-0.2, 0) is 0 Å². The molecule has 0 amide bonds. The molecule has 0 aliphatic rings. The zero-order chi connectivity index (χ0) is 29.7. The molecular weight excluding hydrogens is 544 g/mol. The Balaban J connectivity index is 1.20. The zero-order valence-corrected chi connectivity index (χ0v) is 24.6. The van der Waals surface area contributed by atoms with Crippen LogP contribution in [0.1, 0.15) is 0 Å². The first-order valence-corrected chi connectivity index (χ1v) is 15.4. The Labute approximate surface area is 261 Å². The van der Waals surface area contributed by atoms with Gasteiger partial charge in [0.25, 0.3) is 0 Å². The zero-order valence-electron chi connectivity index (χ0n) is 24.6. The van der Waals surface area contributed by atoms with Gasteiger partial charge in [0.05, 0.1) is 0 Å². The Morgan fingerprint density at radius 1 is 0.267 bits per heavy atom. The van der Waals surface area contributed by atoms with Gasteiger partial charge in [0.2, 0.25) is 0 Å². The average Bonchev–Trinajstić information content (AvgIpc) is 3.50. The van der Waals surface area contributed by atoms with Gasteiger partial charge in [0.15, 0.2) is 0 Å². The molecule has 1 heterocycles. The number of para-hydroxylation sites is 2. The van der Waals surface area contributed by atoms with Crippen molar-refractivity contribution in [3.63, 3.8) is 0 Å². The number of benzene rings is 8. The minimum Gasteiger partial charge on any atom is -0.455 e. The van der Waals surface area contributed by atoms with Gasteiger partial charge in [0, 0.05) is 16.3 Å². The summed E-state index contributed by atoms with van der Waals surface area (Å²) in [4.78, 5) is 0. The lowest BCUT2D eigenvalue weighted by atomic mass is 9.85. The molecule has 0 saturated heterocycles. The van der Waals surface area contributed by atoms with Crippen LogP contribution in [0, 0.1) is 0 Å². The van der Waals surface area contributed by atoms with Crippen LogP contribution in [-0.4, -0.2) is 0 Å². The first-order valence-electron chi connectivity index (χ1n) is 15.4. The summed E-state index contributed by atoms with van der Waals surface area (Å²) < 4.78 is 6.36. The Kier molecular flexibility index (Phi) is 5.89. The summed E-state index contributed by atoms with van der Waals surface area (Å²) in [6, 6.07) is 60.9. The van der Waals surface area contributed by atoms with Crippen molar-refractivity contribution in [1.82, 2.24) is 0 Å². The topological polar surface area (TPSA) is 13.1 Å². The van der Waals surface area contributed by atoms with Crippen LogP contribution in [0.5, 0.6) is 0 Å².